The summed E-state index contributed by atoms with van der Waals surface area (Å²) in [6.45, 7) is 11.9. The second-order valence-corrected chi connectivity index (χ2v) is 10.8. The molecule has 212 valence electrons. The van der Waals surface area contributed by atoms with Crippen LogP contribution in [-0.4, -0.2) is 52.1 Å². The van der Waals surface area contributed by atoms with Crippen molar-refractivity contribution in [1.82, 2.24) is 15.5 Å². The molecule has 0 radical (unpaired) electrons. The Balaban J connectivity index is 1.85. The lowest BCUT2D eigenvalue weighted by atomic mass is 9.91. The predicted molar refractivity (Wildman–Crippen MR) is 151 cm³/mol. The second-order valence-electron chi connectivity index (χ2n) is 10.8. The van der Waals surface area contributed by atoms with E-state index in [4.69, 9.17) is 25.1 Å². The van der Waals surface area contributed by atoms with Crippen molar-refractivity contribution in [3.8, 4) is 28.6 Å². The number of aliphatic hydroxyl groups is 2. The van der Waals surface area contributed by atoms with E-state index in [2.05, 4.69) is 50.3 Å². The third-order valence-electron chi connectivity index (χ3n) is 6.56. The van der Waals surface area contributed by atoms with Crippen molar-refractivity contribution in [3.05, 3.63) is 52.6 Å². The van der Waals surface area contributed by atoms with Gasteiger partial charge >= 0.3 is 0 Å². The summed E-state index contributed by atoms with van der Waals surface area (Å²) in [7, 11) is 0. The van der Waals surface area contributed by atoms with Crippen molar-refractivity contribution in [1.29, 1.82) is 0 Å². The van der Waals surface area contributed by atoms with Gasteiger partial charge in [0.15, 0.2) is 0 Å². The van der Waals surface area contributed by atoms with Gasteiger partial charge in [0.05, 0.1) is 0 Å². The van der Waals surface area contributed by atoms with Crippen LogP contribution < -0.4 is 15.8 Å². The monoisotopic (exact) mass is 538 g/mol. The number of aryl methyl sites for hydroxylation is 2. The maximum Gasteiger partial charge on any atom is 0.258 e. The molecule has 0 saturated carbocycles. The van der Waals surface area contributed by atoms with Gasteiger partial charge in [-0.1, -0.05) is 45.8 Å². The van der Waals surface area contributed by atoms with Crippen molar-refractivity contribution in [3.63, 3.8) is 0 Å². The summed E-state index contributed by atoms with van der Waals surface area (Å²) in [4.78, 5) is 15.9. The first kappa shape index (κ1) is 30.3. The molecule has 1 amide bonds. The van der Waals surface area contributed by atoms with Crippen LogP contribution in [0.3, 0.4) is 0 Å². The Morgan fingerprint density at radius 2 is 1.82 bits per heavy atom. The molecule has 9 nitrogen and oxygen atoms in total. The van der Waals surface area contributed by atoms with Gasteiger partial charge in [0.1, 0.15) is 25.1 Å². The van der Waals surface area contributed by atoms with E-state index in [-0.39, 0.29) is 19.2 Å². The third-order valence-corrected chi connectivity index (χ3v) is 6.56. The van der Waals surface area contributed by atoms with E-state index in [0.717, 1.165) is 34.2 Å². The number of hydrogen-bond donors (Lipinski definition) is 4. The lowest BCUT2D eigenvalue weighted by Gasteiger charge is -2.18. The minimum Gasteiger partial charge on any atom is -0.490 e. The molecule has 2 atom stereocenters. The molecule has 0 aliphatic heterocycles. The lowest BCUT2D eigenvalue weighted by Crippen LogP contribution is -2.36. The van der Waals surface area contributed by atoms with Crippen LogP contribution in [0.1, 0.15) is 75.3 Å². The van der Waals surface area contributed by atoms with Crippen LogP contribution in [0.25, 0.3) is 22.8 Å². The molecule has 39 heavy (non-hydrogen) atoms. The van der Waals surface area contributed by atoms with E-state index in [9.17, 15) is 9.90 Å². The first-order chi connectivity index (χ1) is 18.5. The summed E-state index contributed by atoms with van der Waals surface area (Å²) in [5.74, 6) is 1.85. The number of carbonyl (C=O) groups excluding carboxylic acids is 1. The highest BCUT2D eigenvalue weighted by atomic mass is 16.5. The first-order valence-electron chi connectivity index (χ1n) is 13.6. The summed E-state index contributed by atoms with van der Waals surface area (Å²) in [6.07, 6.45) is 0.668. The van der Waals surface area contributed by atoms with Gasteiger partial charge in [-0.25, -0.2) is 0 Å². The van der Waals surface area contributed by atoms with Crippen LogP contribution in [0.4, 0.5) is 0 Å². The molecular weight excluding hydrogens is 496 g/mol. The highest BCUT2D eigenvalue weighted by Gasteiger charge is 2.19. The molecule has 2 aromatic carbocycles. The van der Waals surface area contributed by atoms with Gasteiger partial charge in [-0.05, 0) is 78.1 Å². The number of benzene rings is 2. The molecule has 9 heteroatoms. The Labute approximate surface area is 230 Å². The van der Waals surface area contributed by atoms with Gasteiger partial charge in [-0.2, -0.15) is 4.98 Å². The van der Waals surface area contributed by atoms with Gasteiger partial charge < -0.3 is 30.5 Å². The average molecular weight is 539 g/mol. The first-order valence-corrected chi connectivity index (χ1v) is 13.6. The Hall–Kier alpha value is -3.27. The number of ether oxygens (including phenoxy) is 1. The maximum atomic E-state index is 11.2. The number of nitrogens with two attached hydrogens (primary N) is 1. The Morgan fingerprint density at radius 1 is 1.10 bits per heavy atom. The van der Waals surface area contributed by atoms with E-state index in [0.29, 0.717) is 35.7 Å². The number of aliphatic hydroxyl groups excluding tert-OH is 2. The number of aromatic nitrogens is 2. The minimum atomic E-state index is -0.913. The number of nitrogens with one attached hydrogen (secondary N) is 1. The number of nitrogens with zero attached hydrogens (tertiary/aromatic N) is 2. The fraction of sp³-hybridized carbons (Fsp3) is 0.500. The summed E-state index contributed by atoms with van der Waals surface area (Å²) in [6, 6.07) is 10.1. The largest absolute Gasteiger partial charge is 0.490 e. The van der Waals surface area contributed by atoms with Gasteiger partial charge in [0.25, 0.3) is 5.89 Å². The molecule has 0 aliphatic rings. The molecule has 3 aromatic rings. The molecule has 0 spiro atoms. The normalized spacial score (nSPS) is 13.1. The zero-order chi connectivity index (χ0) is 28.7. The molecule has 1 heterocycles. The Bertz CT molecular complexity index is 1250. The minimum absolute atomic E-state index is 0.00127. The standard InChI is InChI=1S/C30H42N4O5/c1-7-20-10-23(9-19(6)28(20)38-16-25(36)14-32-27(37)15-35)29-33-30(39-34-29)24-12-21(18(4)5)11-22(13-24)26(31)8-17(2)3/h9-13,17-18,25-26,35-36H,7-8,14-16,31H2,1-6H3,(H,32,37)/t25-,26?/m0/s1. The highest BCUT2D eigenvalue weighted by Crippen LogP contribution is 2.33. The van der Waals surface area contributed by atoms with Gasteiger partial charge in [0, 0.05) is 23.7 Å². The maximum absolute atomic E-state index is 11.2. The lowest BCUT2D eigenvalue weighted by molar-refractivity contribution is -0.124. The van der Waals surface area contributed by atoms with Crippen molar-refractivity contribution < 1.29 is 24.3 Å². The third kappa shape index (κ3) is 8.11. The van der Waals surface area contributed by atoms with Gasteiger partial charge in [-0.3, -0.25) is 4.79 Å². The van der Waals surface area contributed by atoms with E-state index < -0.39 is 18.6 Å². The van der Waals surface area contributed by atoms with Gasteiger partial charge in [-0.15, -0.1) is 0 Å². The van der Waals surface area contributed by atoms with Crippen LogP contribution in [-0.2, 0) is 11.2 Å². The summed E-state index contributed by atoms with van der Waals surface area (Å²) < 4.78 is 11.6. The van der Waals surface area contributed by atoms with Crippen LogP contribution in [0, 0.1) is 12.8 Å². The quantitative estimate of drug-likeness (QED) is 0.252. The van der Waals surface area contributed by atoms with Crippen molar-refractivity contribution in [2.45, 2.75) is 72.4 Å². The molecule has 1 unspecified atom stereocenters. The Kier molecular flexibility index (Phi) is 10.6. The molecular formula is C30H42N4O5. The molecule has 0 saturated heterocycles. The smallest absolute Gasteiger partial charge is 0.258 e. The zero-order valence-corrected chi connectivity index (χ0v) is 23.8. The highest BCUT2D eigenvalue weighted by molar-refractivity contribution is 5.76. The average Bonchev–Trinajstić information content (AvgIpc) is 3.40. The fourth-order valence-electron chi connectivity index (χ4n) is 4.42. The summed E-state index contributed by atoms with van der Waals surface area (Å²) in [5.41, 5.74) is 12.2. The molecule has 0 bridgehead atoms. The number of rotatable bonds is 13. The van der Waals surface area contributed by atoms with Crippen molar-refractivity contribution >= 4 is 5.91 Å². The van der Waals surface area contributed by atoms with Gasteiger partial charge in [0.2, 0.25) is 11.7 Å². The van der Waals surface area contributed by atoms with E-state index >= 15 is 0 Å². The number of carbonyl (C=O) groups is 1. The predicted octanol–water partition coefficient (Wildman–Crippen LogP) is 4.29. The van der Waals surface area contributed by atoms with Crippen LogP contribution >= 0.6 is 0 Å². The Morgan fingerprint density at radius 3 is 2.46 bits per heavy atom. The summed E-state index contributed by atoms with van der Waals surface area (Å²) >= 11 is 0. The molecule has 5 N–H and O–H groups in total. The number of amides is 1. The number of hydrogen-bond acceptors (Lipinski definition) is 8. The van der Waals surface area contributed by atoms with Crippen LogP contribution in [0.15, 0.2) is 34.9 Å². The molecule has 0 fully saturated rings. The van der Waals surface area contributed by atoms with E-state index in [1.807, 2.05) is 32.0 Å². The molecule has 1 aromatic heterocycles. The van der Waals surface area contributed by atoms with Crippen LogP contribution in [0.2, 0.25) is 0 Å². The second kappa shape index (κ2) is 13.7. The fourth-order valence-corrected chi connectivity index (χ4v) is 4.42. The van der Waals surface area contributed by atoms with E-state index in [1.54, 1.807) is 0 Å². The zero-order valence-electron chi connectivity index (χ0n) is 23.8. The SMILES string of the molecule is CCc1cc(-c2noc(-c3cc(C(C)C)cc(C(N)CC(C)C)c3)n2)cc(C)c1OC[C@@H](O)CNC(=O)CO. The van der Waals surface area contributed by atoms with Crippen molar-refractivity contribution in [2.24, 2.45) is 11.7 Å². The summed E-state index contributed by atoms with van der Waals surface area (Å²) in [5, 5.41) is 25.6. The molecule has 3 rings (SSSR count). The van der Waals surface area contributed by atoms with Crippen LogP contribution in [0.5, 0.6) is 5.75 Å². The van der Waals surface area contributed by atoms with Crippen molar-refractivity contribution in [2.75, 3.05) is 19.8 Å². The van der Waals surface area contributed by atoms with E-state index in [1.165, 1.54) is 5.56 Å². The topological polar surface area (TPSA) is 144 Å². The molecule has 0 aliphatic carbocycles.